The molecule has 0 aliphatic heterocycles. The molecule has 1 aliphatic carbocycles. The molecule has 0 bridgehead atoms. The Morgan fingerprint density at radius 1 is 1.23 bits per heavy atom. The lowest BCUT2D eigenvalue weighted by atomic mass is 9.72. The highest BCUT2D eigenvalue weighted by Crippen LogP contribution is 2.40. The summed E-state index contributed by atoms with van der Waals surface area (Å²) in [5, 5.41) is 9.73. The number of anilines is 1. The van der Waals surface area contributed by atoms with Crippen molar-refractivity contribution >= 4 is 45.0 Å². The van der Waals surface area contributed by atoms with E-state index in [1.807, 2.05) is 28.3 Å². The van der Waals surface area contributed by atoms with Crippen LogP contribution in [-0.2, 0) is 12.8 Å². The molecule has 3 aromatic rings. The number of carbonyl (C=O) groups excluding carboxylic acids is 1. The van der Waals surface area contributed by atoms with E-state index in [2.05, 4.69) is 31.1 Å². The van der Waals surface area contributed by atoms with Gasteiger partial charge in [-0.2, -0.15) is 0 Å². The normalized spacial score (nSPS) is 17.1. The first kappa shape index (κ1) is 17.9. The Bertz CT molecular complexity index is 915. The molecule has 26 heavy (non-hydrogen) atoms. The molecule has 0 saturated carbocycles. The first-order chi connectivity index (χ1) is 12.4. The zero-order valence-electron chi connectivity index (χ0n) is 15.2. The fourth-order valence-corrected chi connectivity index (χ4v) is 6.10. The van der Waals surface area contributed by atoms with Crippen molar-refractivity contribution in [2.75, 3.05) is 5.32 Å². The van der Waals surface area contributed by atoms with E-state index in [4.69, 9.17) is 0 Å². The van der Waals surface area contributed by atoms with Crippen LogP contribution in [0.3, 0.4) is 0 Å². The number of fused-ring (bicyclic) bond motifs is 1. The monoisotopic (exact) mass is 402 g/mol. The highest BCUT2D eigenvalue weighted by molar-refractivity contribution is 7.16. The molecule has 1 unspecified atom stereocenters. The number of amides is 1. The van der Waals surface area contributed by atoms with Crippen molar-refractivity contribution in [3.63, 3.8) is 0 Å². The van der Waals surface area contributed by atoms with Crippen LogP contribution in [0, 0.1) is 11.3 Å². The number of carbonyl (C=O) groups is 1. The predicted molar refractivity (Wildman–Crippen MR) is 113 cm³/mol. The van der Waals surface area contributed by atoms with E-state index in [0.717, 1.165) is 35.4 Å². The number of thiophene rings is 2. The van der Waals surface area contributed by atoms with Crippen molar-refractivity contribution < 1.29 is 4.79 Å². The molecule has 0 saturated heterocycles. The second-order valence-corrected chi connectivity index (χ2v) is 10.6. The fraction of sp³-hybridized carbons (Fsp3) is 0.400. The molecule has 3 nitrogen and oxygen atoms in total. The summed E-state index contributed by atoms with van der Waals surface area (Å²) in [5.41, 5.74) is 3.34. The SMILES string of the molecule is CC(C)(C)C1CCc2c(C(=O)Nc3nc(-c4cccs4)cs3)csc2C1. The molecular weight excluding hydrogens is 380 g/mol. The van der Waals surface area contributed by atoms with Gasteiger partial charge in [-0.25, -0.2) is 4.98 Å². The quantitative estimate of drug-likeness (QED) is 0.556. The van der Waals surface area contributed by atoms with E-state index in [0.29, 0.717) is 16.5 Å². The Kier molecular flexibility index (Phi) is 4.75. The van der Waals surface area contributed by atoms with Crippen molar-refractivity contribution in [1.29, 1.82) is 0 Å². The van der Waals surface area contributed by atoms with Gasteiger partial charge in [-0.1, -0.05) is 26.8 Å². The second kappa shape index (κ2) is 6.91. The van der Waals surface area contributed by atoms with Gasteiger partial charge >= 0.3 is 0 Å². The smallest absolute Gasteiger partial charge is 0.258 e. The van der Waals surface area contributed by atoms with Gasteiger partial charge in [-0.05, 0) is 47.6 Å². The molecule has 4 rings (SSSR count). The molecule has 136 valence electrons. The van der Waals surface area contributed by atoms with Crippen LogP contribution in [0.2, 0.25) is 0 Å². The van der Waals surface area contributed by atoms with Crippen molar-refractivity contribution in [3.8, 4) is 10.6 Å². The van der Waals surface area contributed by atoms with Crippen LogP contribution < -0.4 is 5.32 Å². The third-order valence-electron chi connectivity index (χ3n) is 5.12. The zero-order valence-corrected chi connectivity index (χ0v) is 17.6. The van der Waals surface area contributed by atoms with Crippen LogP contribution in [0.4, 0.5) is 5.13 Å². The maximum Gasteiger partial charge on any atom is 0.258 e. The number of aromatic nitrogens is 1. The summed E-state index contributed by atoms with van der Waals surface area (Å²) >= 11 is 4.88. The van der Waals surface area contributed by atoms with Gasteiger partial charge in [0, 0.05) is 15.6 Å². The van der Waals surface area contributed by atoms with Gasteiger partial charge in [0.2, 0.25) is 0 Å². The predicted octanol–water partition coefficient (Wildman–Crippen LogP) is 6.34. The van der Waals surface area contributed by atoms with Gasteiger partial charge < -0.3 is 0 Å². The van der Waals surface area contributed by atoms with E-state index in [-0.39, 0.29) is 5.91 Å². The number of nitrogens with zero attached hydrogens (tertiary/aromatic N) is 1. The molecule has 3 heterocycles. The highest BCUT2D eigenvalue weighted by Gasteiger charge is 2.31. The largest absolute Gasteiger partial charge is 0.298 e. The van der Waals surface area contributed by atoms with E-state index in [1.165, 1.54) is 21.8 Å². The van der Waals surface area contributed by atoms with Gasteiger partial charge in [0.15, 0.2) is 5.13 Å². The second-order valence-electron chi connectivity index (χ2n) is 7.83. The number of hydrogen-bond acceptors (Lipinski definition) is 5. The minimum atomic E-state index is -0.0243. The molecule has 0 aromatic carbocycles. The lowest BCUT2D eigenvalue weighted by molar-refractivity contribution is 0.102. The topological polar surface area (TPSA) is 42.0 Å². The number of nitrogens with one attached hydrogen (secondary N) is 1. The average Bonchev–Trinajstić information content (AvgIpc) is 3.33. The first-order valence-electron chi connectivity index (χ1n) is 8.82. The standard InChI is InChI=1S/C20H22N2OS3/c1-20(2,3)12-6-7-13-14(10-25-17(13)9-12)18(23)22-19-21-15(11-26-19)16-5-4-8-24-16/h4-5,8,10-12H,6-7,9H2,1-3H3,(H,21,22,23). The molecule has 1 N–H and O–H groups in total. The fourth-order valence-electron chi connectivity index (χ4n) is 3.48. The Morgan fingerprint density at radius 2 is 2.08 bits per heavy atom. The minimum absolute atomic E-state index is 0.0243. The molecule has 1 atom stereocenters. The first-order valence-corrected chi connectivity index (χ1v) is 11.5. The number of hydrogen-bond donors (Lipinski definition) is 1. The van der Waals surface area contributed by atoms with E-state index in [1.54, 1.807) is 22.7 Å². The summed E-state index contributed by atoms with van der Waals surface area (Å²) in [6, 6.07) is 4.06. The van der Waals surface area contributed by atoms with Crippen molar-refractivity contribution in [2.45, 2.75) is 40.0 Å². The van der Waals surface area contributed by atoms with Crippen LogP contribution in [0.25, 0.3) is 10.6 Å². The molecule has 6 heteroatoms. The molecule has 3 aromatic heterocycles. The minimum Gasteiger partial charge on any atom is -0.298 e. The lowest BCUT2D eigenvalue weighted by Gasteiger charge is -2.34. The van der Waals surface area contributed by atoms with Crippen molar-refractivity contribution in [2.24, 2.45) is 11.3 Å². The van der Waals surface area contributed by atoms with E-state index in [9.17, 15) is 4.79 Å². The van der Waals surface area contributed by atoms with E-state index < -0.39 is 0 Å². The Balaban J connectivity index is 1.49. The summed E-state index contributed by atoms with van der Waals surface area (Å²) in [6.07, 6.45) is 3.26. The van der Waals surface area contributed by atoms with Crippen molar-refractivity contribution in [3.05, 3.63) is 44.3 Å². The average molecular weight is 403 g/mol. The maximum atomic E-state index is 12.8. The molecule has 0 radical (unpaired) electrons. The van der Waals surface area contributed by atoms with Gasteiger partial charge in [0.25, 0.3) is 5.91 Å². The highest BCUT2D eigenvalue weighted by atomic mass is 32.1. The van der Waals surface area contributed by atoms with Crippen LogP contribution in [-0.4, -0.2) is 10.9 Å². The molecule has 1 aliphatic rings. The number of thiazole rings is 1. The Morgan fingerprint density at radius 3 is 2.81 bits per heavy atom. The lowest BCUT2D eigenvalue weighted by Crippen LogP contribution is -2.27. The third kappa shape index (κ3) is 3.50. The maximum absolute atomic E-state index is 12.8. The van der Waals surface area contributed by atoms with Gasteiger partial charge in [0.05, 0.1) is 16.1 Å². The van der Waals surface area contributed by atoms with Gasteiger partial charge in [-0.15, -0.1) is 34.0 Å². The summed E-state index contributed by atoms with van der Waals surface area (Å²) < 4.78 is 0. The van der Waals surface area contributed by atoms with Crippen LogP contribution in [0.5, 0.6) is 0 Å². The third-order valence-corrected chi connectivity index (χ3v) is 7.82. The molecule has 0 spiro atoms. The zero-order chi connectivity index (χ0) is 18.3. The summed E-state index contributed by atoms with van der Waals surface area (Å²) in [7, 11) is 0. The summed E-state index contributed by atoms with van der Waals surface area (Å²) in [4.78, 5) is 19.9. The van der Waals surface area contributed by atoms with Crippen LogP contribution in [0.1, 0.15) is 48.0 Å². The number of rotatable bonds is 3. The Labute approximate surface area is 166 Å². The van der Waals surface area contributed by atoms with Crippen LogP contribution >= 0.6 is 34.0 Å². The molecular formula is C20H22N2OS3. The van der Waals surface area contributed by atoms with E-state index >= 15 is 0 Å². The summed E-state index contributed by atoms with van der Waals surface area (Å²) in [5.74, 6) is 0.667. The molecule has 1 amide bonds. The molecule has 0 fully saturated rings. The van der Waals surface area contributed by atoms with Gasteiger partial charge in [0.1, 0.15) is 0 Å². The Hall–Kier alpha value is -1.50. The summed E-state index contributed by atoms with van der Waals surface area (Å²) in [6.45, 7) is 6.95. The van der Waals surface area contributed by atoms with Gasteiger partial charge in [-0.3, -0.25) is 10.1 Å². The van der Waals surface area contributed by atoms with Crippen molar-refractivity contribution in [1.82, 2.24) is 4.98 Å². The van der Waals surface area contributed by atoms with Crippen LogP contribution in [0.15, 0.2) is 28.3 Å².